The molecule has 2 atom stereocenters. The van der Waals surface area contributed by atoms with Crippen LogP contribution in [0.5, 0.6) is 0 Å². The summed E-state index contributed by atoms with van der Waals surface area (Å²) in [4.78, 5) is 0.940. The molecule has 0 aliphatic carbocycles. The van der Waals surface area contributed by atoms with Crippen molar-refractivity contribution in [2.75, 3.05) is 5.75 Å². The number of rotatable bonds is 6. The molecule has 0 aliphatic rings. The van der Waals surface area contributed by atoms with Crippen LogP contribution in [0.15, 0.2) is 65.6 Å². The van der Waals surface area contributed by atoms with E-state index < -0.39 is 10.8 Å². The molecule has 0 saturated carbocycles. The molecule has 0 amide bonds. The predicted octanol–water partition coefficient (Wildman–Crippen LogP) is 4.38. The summed E-state index contributed by atoms with van der Waals surface area (Å²) in [7, 11) is -0.856. The second kappa shape index (κ2) is 7.25. The second-order valence-electron chi connectivity index (χ2n) is 4.82. The van der Waals surface area contributed by atoms with Gasteiger partial charge in [-0.2, -0.15) is 0 Å². The van der Waals surface area contributed by atoms with E-state index in [4.69, 9.17) is 0 Å². The van der Waals surface area contributed by atoms with Crippen LogP contribution in [0.3, 0.4) is 0 Å². The van der Waals surface area contributed by atoms with Crippen molar-refractivity contribution in [1.29, 1.82) is 0 Å². The molecule has 0 spiro atoms. The first-order valence-electron chi connectivity index (χ1n) is 6.76. The van der Waals surface area contributed by atoms with Crippen LogP contribution in [0.25, 0.3) is 0 Å². The normalized spacial score (nSPS) is 13.9. The summed E-state index contributed by atoms with van der Waals surface area (Å²) >= 11 is 0. The van der Waals surface area contributed by atoms with Crippen molar-refractivity contribution in [2.45, 2.75) is 30.6 Å². The Kier molecular flexibility index (Phi) is 5.34. The van der Waals surface area contributed by atoms with E-state index in [9.17, 15) is 4.21 Å². The van der Waals surface area contributed by atoms with Crippen molar-refractivity contribution in [1.82, 2.24) is 0 Å². The Morgan fingerprint density at radius 1 is 0.947 bits per heavy atom. The SMILES string of the molecule is CC(CCCS(=O)c1ccccc1)c1ccccc1. The van der Waals surface area contributed by atoms with E-state index in [1.54, 1.807) is 0 Å². The van der Waals surface area contributed by atoms with Crippen molar-refractivity contribution < 1.29 is 4.21 Å². The smallest absolute Gasteiger partial charge is 0.0529 e. The van der Waals surface area contributed by atoms with Gasteiger partial charge in [-0.05, 0) is 36.5 Å². The standard InChI is InChI=1S/C17H20OS/c1-15(16-10-4-2-5-11-16)9-8-14-19(18)17-12-6-3-7-13-17/h2-7,10-13,15H,8-9,14H2,1H3. The third-order valence-corrected chi connectivity index (χ3v) is 4.80. The van der Waals surface area contributed by atoms with Crippen LogP contribution in [0, 0.1) is 0 Å². The average molecular weight is 272 g/mol. The van der Waals surface area contributed by atoms with E-state index >= 15 is 0 Å². The molecule has 2 unspecified atom stereocenters. The summed E-state index contributed by atoms with van der Waals surface area (Å²) in [6.07, 6.45) is 2.08. The van der Waals surface area contributed by atoms with Crippen molar-refractivity contribution in [3.8, 4) is 0 Å². The minimum absolute atomic E-state index is 0.536. The van der Waals surface area contributed by atoms with Gasteiger partial charge in [-0.25, -0.2) is 0 Å². The summed E-state index contributed by atoms with van der Waals surface area (Å²) in [6, 6.07) is 20.3. The van der Waals surface area contributed by atoms with Crippen LogP contribution in [0.4, 0.5) is 0 Å². The maximum absolute atomic E-state index is 12.1. The maximum Gasteiger partial charge on any atom is 0.0529 e. The zero-order valence-electron chi connectivity index (χ0n) is 11.3. The van der Waals surface area contributed by atoms with Crippen LogP contribution >= 0.6 is 0 Å². The van der Waals surface area contributed by atoms with Gasteiger partial charge in [-0.3, -0.25) is 4.21 Å². The summed E-state index contributed by atoms with van der Waals surface area (Å²) in [5.74, 6) is 1.29. The highest BCUT2D eigenvalue weighted by Crippen LogP contribution is 2.20. The first-order chi connectivity index (χ1) is 9.27. The summed E-state index contributed by atoms with van der Waals surface area (Å²) < 4.78 is 12.1. The molecule has 0 saturated heterocycles. The fourth-order valence-corrected chi connectivity index (χ4v) is 3.28. The van der Waals surface area contributed by atoms with Gasteiger partial charge < -0.3 is 0 Å². The highest BCUT2D eigenvalue weighted by molar-refractivity contribution is 7.85. The van der Waals surface area contributed by atoms with E-state index in [1.165, 1.54) is 5.56 Å². The number of benzene rings is 2. The average Bonchev–Trinajstić information content (AvgIpc) is 2.49. The Balaban J connectivity index is 1.79. The predicted molar refractivity (Wildman–Crippen MR) is 81.8 cm³/mol. The van der Waals surface area contributed by atoms with Gasteiger partial charge in [0.15, 0.2) is 0 Å². The molecule has 0 bridgehead atoms. The third-order valence-electron chi connectivity index (χ3n) is 3.34. The molecular formula is C17H20OS. The fraction of sp³-hybridized carbons (Fsp3) is 0.294. The molecule has 0 fully saturated rings. The van der Waals surface area contributed by atoms with Gasteiger partial charge in [-0.15, -0.1) is 0 Å². The monoisotopic (exact) mass is 272 g/mol. The lowest BCUT2D eigenvalue weighted by atomic mass is 9.97. The highest BCUT2D eigenvalue weighted by Gasteiger charge is 2.07. The molecule has 2 rings (SSSR count). The summed E-state index contributed by atoms with van der Waals surface area (Å²) in [5.41, 5.74) is 1.37. The van der Waals surface area contributed by atoms with Crippen molar-refractivity contribution in [2.24, 2.45) is 0 Å². The Labute approximate surface area is 118 Å². The lowest BCUT2D eigenvalue weighted by Crippen LogP contribution is -2.01. The molecule has 0 N–H and O–H groups in total. The Bertz CT molecular complexity index is 507. The highest BCUT2D eigenvalue weighted by atomic mass is 32.2. The topological polar surface area (TPSA) is 17.1 Å². The molecule has 2 aromatic rings. The first-order valence-corrected chi connectivity index (χ1v) is 8.07. The largest absolute Gasteiger partial charge is 0.254 e. The van der Waals surface area contributed by atoms with Gasteiger partial charge in [0.1, 0.15) is 0 Å². The van der Waals surface area contributed by atoms with E-state index in [-0.39, 0.29) is 0 Å². The van der Waals surface area contributed by atoms with Crippen molar-refractivity contribution in [3.05, 3.63) is 66.2 Å². The van der Waals surface area contributed by atoms with Gasteiger partial charge in [0.05, 0.1) is 10.8 Å². The molecule has 0 aromatic heterocycles. The first kappa shape index (κ1) is 14.0. The third kappa shape index (κ3) is 4.32. The summed E-state index contributed by atoms with van der Waals surface area (Å²) in [6.45, 7) is 2.24. The molecule has 100 valence electrons. The van der Waals surface area contributed by atoms with Gasteiger partial charge >= 0.3 is 0 Å². The van der Waals surface area contributed by atoms with Crippen LogP contribution in [0.2, 0.25) is 0 Å². The van der Waals surface area contributed by atoms with Gasteiger partial charge in [0, 0.05) is 10.6 Å². The fourth-order valence-electron chi connectivity index (χ4n) is 2.16. The van der Waals surface area contributed by atoms with Crippen molar-refractivity contribution in [3.63, 3.8) is 0 Å². The minimum Gasteiger partial charge on any atom is -0.254 e. The van der Waals surface area contributed by atoms with Gasteiger partial charge in [-0.1, -0.05) is 55.5 Å². The van der Waals surface area contributed by atoms with Crippen LogP contribution in [-0.2, 0) is 10.8 Å². The zero-order chi connectivity index (χ0) is 13.5. The molecule has 0 radical (unpaired) electrons. The van der Waals surface area contributed by atoms with Gasteiger partial charge in [0.25, 0.3) is 0 Å². The molecule has 2 aromatic carbocycles. The molecule has 19 heavy (non-hydrogen) atoms. The molecule has 0 heterocycles. The van der Waals surface area contributed by atoms with Gasteiger partial charge in [0.2, 0.25) is 0 Å². The summed E-state index contributed by atoms with van der Waals surface area (Å²) in [5, 5.41) is 0. The van der Waals surface area contributed by atoms with E-state index in [0.717, 1.165) is 23.5 Å². The lowest BCUT2D eigenvalue weighted by Gasteiger charge is -2.11. The molecule has 0 aliphatic heterocycles. The second-order valence-corrected chi connectivity index (χ2v) is 6.39. The number of hydrogen-bond acceptors (Lipinski definition) is 1. The van der Waals surface area contributed by atoms with E-state index in [2.05, 4.69) is 31.2 Å². The Morgan fingerprint density at radius 3 is 2.16 bits per heavy atom. The van der Waals surface area contributed by atoms with Crippen LogP contribution in [0.1, 0.15) is 31.2 Å². The Morgan fingerprint density at radius 2 is 1.53 bits per heavy atom. The quantitative estimate of drug-likeness (QED) is 0.762. The Hall–Kier alpha value is -1.41. The maximum atomic E-state index is 12.1. The van der Waals surface area contributed by atoms with Crippen LogP contribution in [-0.4, -0.2) is 9.96 Å². The minimum atomic E-state index is -0.856. The van der Waals surface area contributed by atoms with Crippen molar-refractivity contribution >= 4 is 10.8 Å². The molecular weight excluding hydrogens is 252 g/mol. The molecule has 2 heteroatoms. The lowest BCUT2D eigenvalue weighted by molar-refractivity contribution is 0.651. The molecule has 1 nitrogen and oxygen atoms in total. The number of hydrogen-bond donors (Lipinski definition) is 0. The zero-order valence-corrected chi connectivity index (χ0v) is 12.1. The van der Waals surface area contributed by atoms with E-state index in [1.807, 2.05) is 36.4 Å². The van der Waals surface area contributed by atoms with E-state index in [0.29, 0.717) is 5.92 Å². The van der Waals surface area contributed by atoms with Crippen LogP contribution < -0.4 is 0 Å².